The first-order valence-corrected chi connectivity index (χ1v) is 24.1. The average molecular weight is 1000 g/mol. The lowest BCUT2D eigenvalue weighted by Crippen LogP contribution is -2.31. The van der Waals surface area contributed by atoms with Crippen molar-refractivity contribution in [2.24, 2.45) is 28.2 Å². The highest BCUT2D eigenvalue weighted by Crippen LogP contribution is 2.30. The van der Waals surface area contributed by atoms with Gasteiger partial charge in [-0.2, -0.15) is 0 Å². The van der Waals surface area contributed by atoms with E-state index in [1.807, 2.05) is 72.0 Å². The Morgan fingerprint density at radius 1 is 0.384 bits per heavy atom. The molecule has 4 heterocycles. The summed E-state index contributed by atoms with van der Waals surface area (Å²) < 4.78 is 205. The van der Waals surface area contributed by atoms with Crippen LogP contribution < -0.4 is 18.3 Å². The van der Waals surface area contributed by atoms with Crippen LogP contribution >= 0.6 is 0 Å². The number of benzene rings is 4. The number of nitrogens with zero attached hydrogens (tertiary/aromatic N) is 4. The van der Waals surface area contributed by atoms with Crippen LogP contribution in [0.15, 0.2) is 122 Å². The largest absolute Gasteiger partial charge is 0.212 e. The summed E-state index contributed by atoms with van der Waals surface area (Å²) in [5.41, 5.74) is 16.7. The molecule has 73 heavy (non-hydrogen) atoms. The minimum absolute atomic E-state index is 0.0457. The van der Waals surface area contributed by atoms with Crippen molar-refractivity contribution in [2.75, 3.05) is 0 Å². The van der Waals surface area contributed by atoms with Crippen LogP contribution in [0.5, 0.6) is 0 Å². The molecule has 8 rings (SSSR count). The normalized spacial score (nSPS) is 19.2. The lowest BCUT2D eigenvalue weighted by molar-refractivity contribution is -0.661. The predicted octanol–water partition coefficient (Wildman–Crippen LogP) is 15.5. The molecule has 0 saturated heterocycles. The monoisotopic (exact) mass is 1000 g/mol. The number of aryl methyl sites for hydroxylation is 18. The first-order chi connectivity index (χ1) is 44.6. The molecule has 0 saturated carbocycles. The minimum atomic E-state index is -2.44. The minimum Gasteiger partial charge on any atom is -0.201 e. The fourth-order valence-electron chi connectivity index (χ4n) is 8.79. The van der Waals surface area contributed by atoms with Gasteiger partial charge in [0, 0.05) is 104 Å². The summed E-state index contributed by atoms with van der Waals surface area (Å²) in [6.45, 7) is -0.0378. The van der Waals surface area contributed by atoms with Gasteiger partial charge in [0.05, 0.1) is 0 Å². The maximum absolute atomic E-state index is 8.34. The summed E-state index contributed by atoms with van der Waals surface area (Å²) in [5, 5.41) is 0. The Balaban J connectivity index is 0.000000238. The summed E-state index contributed by atoms with van der Waals surface area (Å²) in [6.07, 6.45) is 6.50. The van der Waals surface area contributed by atoms with Crippen molar-refractivity contribution in [3.63, 3.8) is 0 Å². The van der Waals surface area contributed by atoms with E-state index in [1.54, 1.807) is 152 Å². The lowest BCUT2D eigenvalue weighted by atomic mass is 9.92. The lowest BCUT2D eigenvalue weighted by Gasteiger charge is -2.14. The second kappa shape index (κ2) is 24.9. The van der Waals surface area contributed by atoms with Gasteiger partial charge in [-0.1, -0.05) is 58.7 Å². The van der Waals surface area contributed by atoms with Gasteiger partial charge in [-0.05, 0) is 223 Å². The van der Waals surface area contributed by atoms with Crippen LogP contribution in [-0.2, 0) is 34.6 Å². The van der Waals surface area contributed by atoms with E-state index in [4.69, 9.17) is 35.6 Å². The van der Waals surface area contributed by atoms with E-state index in [0.29, 0.717) is 38.9 Å². The van der Waals surface area contributed by atoms with Crippen LogP contribution in [-0.4, -0.2) is 0 Å². The van der Waals surface area contributed by atoms with Crippen molar-refractivity contribution >= 4 is 0 Å². The van der Waals surface area contributed by atoms with Crippen molar-refractivity contribution in [2.45, 2.75) is 142 Å². The van der Waals surface area contributed by atoms with Crippen LogP contribution in [0.3, 0.4) is 0 Å². The Morgan fingerprint density at radius 2 is 0.767 bits per heavy atom. The molecule has 0 aliphatic rings. The molecule has 0 N–H and O–H groups in total. The summed E-state index contributed by atoms with van der Waals surface area (Å²) in [5.74, 6) is -3.41. The molecule has 2 unspecified atom stereocenters. The van der Waals surface area contributed by atoms with Crippen LogP contribution in [0.25, 0.3) is 45.0 Å². The number of pyridine rings is 4. The van der Waals surface area contributed by atoms with Crippen LogP contribution in [0.1, 0.15) is 171 Å². The fraction of sp³-hybridized carbons (Fsp3) is 0.362. The van der Waals surface area contributed by atoms with Crippen LogP contribution in [0.4, 0.5) is 0 Å². The Bertz CT molecular complexity index is 4250. The highest BCUT2D eigenvalue weighted by atomic mass is 14.9. The second-order valence-corrected chi connectivity index (χ2v) is 19.1. The summed E-state index contributed by atoms with van der Waals surface area (Å²) in [4.78, 5) is 0. The molecule has 382 valence electrons. The van der Waals surface area contributed by atoms with Crippen molar-refractivity contribution in [1.82, 2.24) is 0 Å². The van der Waals surface area contributed by atoms with E-state index in [1.165, 1.54) is 13.8 Å². The molecule has 2 atom stereocenters. The van der Waals surface area contributed by atoms with Gasteiger partial charge in [0.25, 0.3) is 0 Å². The molecule has 4 heteroatoms. The standard InChI is InChI=1S/2C18H24N.C17H22N.C16H20N/c1-12(2)16-7-8-18(19(6)11-16)17-10-14(4)13(3)9-15(17)5;1-12(2)16-9-15(5)17(10-14(16)4)18-8-7-13(3)11-19(18)6;1-6-15-9-14(4)16(10-13(15)3)17-8-7-12(2)11-18(17)5;1-11-6-7-16(17(5)10-11)15-9-13(3)12(2)8-14(15)4/h2*7-12H,1-6H3;7-11H,6H2,1-5H3;6-10H,1-5H3/q4*+1/i2*1D3,3D3,12D;2*1D3,2D3. The molecule has 0 aliphatic carbocycles. The van der Waals surface area contributed by atoms with Gasteiger partial charge in [-0.3, -0.25) is 0 Å². The van der Waals surface area contributed by atoms with Gasteiger partial charge in [0.15, 0.2) is 24.8 Å². The number of hydrogen-bond donors (Lipinski definition) is 0. The van der Waals surface area contributed by atoms with Gasteiger partial charge in [-0.15, -0.1) is 0 Å². The van der Waals surface area contributed by atoms with Gasteiger partial charge in [-0.25, -0.2) is 18.3 Å². The quantitative estimate of drug-likeness (QED) is 0.141. The Labute approximate surface area is 479 Å². The van der Waals surface area contributed by atoms with E-state index in [2.05, 4.69) is 0 Å². The molecule has 0 aliphatic heterocycles. The molecule has 0 amide bonds. The summed E-state index contributed by atoms with van der Waals surface area (Å²) >= 11 is 0. The predicted molar refractivity (Wildman–Crippen MR) is 311 cm³/mol. The van der Waals surface area contributed by atoms with E-state index in [0.717, 1.165) is 84.0 Å². The molecule has 8 aromatic rings. The van der Waals surface area contributed by atoms with Crippen LogP contribution in [0, 0.1) is 89.6 Å². The molecule has 4 nitrogen and oxygen atoms in total. The molecule has 0 bridgehead atoms. The van der Waals surface area contributed by atoms with E-state index < -0.39 is 66.6 Å². The zero-order chi connectivity index (χ0) is 76.0. The van der Waals surface area contributed by atoms with Crippen molar-refractivity contribution in [1.29, 1.82) is 0 Å². The van der Waals surface area contributed by atoms with Crippen molar-refractivity contribution < 1.29 is 53.9 Å². The smallest absolute Gasteiger partial charge is 0.201 e. The van der Waals surface area contributed by atoms with Gasteiger partial charge in [0.1, 0.15) is 28.2 Å². The molecular formula is C69H90N4+4. The zero-order valence-electron chi connectivity index (χ0n) is 71.0. The van der Waals surface area contributed by atoms with Crippen molar-refractivity contribution in [3.05, 3.63) is 211 Å². The Hall–Kier alpha value is -6.52. The van der Waals surface area contributed by atoms with Gasteiger partial charge < -0.3 is 0 Å². The molecule has 4 aromatic heterocycles. The van der Waals surface area contributed by atoms with E-state index in [-0.39, 0.29) is 17.5 Å². The maximum Gasteiger partial charge on any atom is 0.212 e. The zero-order valence-corrected chi connectivity index (χ0v) is 45.0. The Morgan fingerprint density at radius 3 is 1.15 bits per heavy atom. The number of aromatic nitrogens is 4. The number of hydrogen-bond acceptors (Lipinski definition) is 0. The first-order valence-electron chi connectivity index (χ1n) is 37.1. The molecule has 0 fully saturated rings. The summed E-state index contributed by atoms with van der Waals surface area (Å²) in [6, 6.07) is 28.1. The Kier molecular flexibility index (Phi) is 10.5. The third-order valence-corrected chi connectivity index (χ3v) is 13.1. The van der Waals surface area contributed by atoms with Gasteiger partial charge in [0.2, 0.25) is 22.8 Å². The van der Waals surface area contributed by atoms with Gasteiger partial charge >= 0.3 is 0 Å². The third kappa shape index (κ3) is 14.4. The highest BCUT2D eigenvalue weighted by molar-refractivity contribution is 5.66. The van der Waals surface area contributed by atoms with E-state index >= 15 is 0 Å². The maximum atomic E-state index is 8.34. The third-order valence-electron chi connectivity index (χ3n) is 13.1. The SMILES string of the molecule is [2H]C([2H])([2H])Cc1cc(C)c(-c2ccc(C([2H])([2H])[2H])c[n+]2C)cc1C.[2H]C([2H])([2H])c1cc(C)c(-c2ccc(C([2H])(C)C([2H])([2H])[2H])c[n+]2C)cc1C.[2H]C([2H])([2H])c1ccc(-c2cc(C)c(C([2H])(C)C([2H])([2H])[2H])cc2C)[n+](C)c1.[2H]C([2H])([2H])c1ccc(-c2cc(C)c(C([2H])([2H])[2H])cc2C)[n+](C)c1. The first kappa shape index (κ1) is 30.6. The highest BCUT2D eigenvalue weighted by Gasteiger charge is 2.18. The second-order valence-electron chi connectivity index (χ2n) is 19.1. The molecule has 0 spiro atoms. The fourth-order valence-corrected chi connectivity index (χ4v) is 8.79. The number of rotatable bonds is 7. The molecular weight excluding hydrogens is 885 g/mol. The van der Waals surface area contributed by atoms with Crippen molar-refractivity contribution in [3.8, 4) is 45.0 Å². The molecule has 4 aromatic carbocycles. The summed E-state index contributed by atoms with van der Waals surface area (Å²) in [7, 11) is 7.18. The topological polar surface area (TPSA) is 15.5 Å². The average Bonchev–Trinajstić information content (AvgIpc) is 0.797. The van der Waals surface area contributed by atoms with Crippen LogP contribution in [0.2, 0.25) is 0 Å². The molecule has 0 radical (unpaired) electrons. The van der Waals surface area contributed by atoms with E-state index in [9.17, 15) is 0 Å².